The molecule has 0 aliphatic carbocycles. The number of ether oxygens (including phenoxy) is 4. The average Bonchev–Trinajstić information content (AvgIpc) is 1.00. The number of phosphoric acid groups is 2. The Bertz CT molecular complexity index is 1910. The fourth-order valence-corrected chi connectivity index (χ4v) is 14.2. The number of hydrogen-bond donors (Lipinski definition) is 3. The van der Waals surface area contributed by atoms with Crippen molar-refractivity contribution in [2.45, 2.75) is 451 Å². The summed E-state index contributed by atoms with van der Waals surface area (Å²) < 4.78 is 68.7. The molecule has 0 heterocycles. The molecule has 5 atom stereocenters. The molecule has 3 N–H and O–H groups in total. The summed E-state index contributed by atoms with van der Waals surface area (Å²) >= 11 is 0. The van der Waals surface area contributed by atoms with E-state index in [1.165, 1.54) is 257 Å². The van der Waals surface area contributed by atoms with Crippen LogP contribution in [-0.2, 0) is 65.4 Å². The average molecular weight is 1470 g/mol. The van der Waals surface area contributed by atoms with E-state index < -0.39 is 97.5 Å². The lowest BCUT2D eigenvalue weighted by Gasteiger charge is -2.21. The highest BCUT2D eigenvalue weighted by Gasteiger charge is 2.30. The first-order valence-electron chi connectivity index (χ1n) is 42.1. The first-order chi connectivity index (χ1) is 48.5. The molecule has 100 heavy (non-hydrogen) atoms. The molecule has 0 fully saturated rings. The van der Waals surface area contributed by atoms with Crippen molar-refractivity contribution in [3.05, 3.63) is 0 Å². The second kappa shape index (κ2) is 73.9. The van der Waals surface area contributed by atoms with Gasteiger partial charge in [-0.25, -0.2) is 9.13 Å². The highest BCUT2D eigenvalue weighted by atomic mass is 31.2. The van der Waals surface area contributed by atoms with Gasteiger partial charge >= 0.3 is 39.5 Å². The molecular formula is C81H158O17P2. The van der Waals surface area contributed by atoms with E-state index in [2.05, 4.69) is 34.6 Å². The summed E-state index contributed by atoms with van der Waals surface area (Å²) in [7, 11) is -9.92. The van der Waals surface area contributed by atoms with E-state index in [4.69, 9.17) is 37.0 Å². The molecule has 594 valence electrons. The molecule has 0 spiro atoms. The van der Waals surface area contributed by atoms with E-state index >= 15 is 0 Å². The Morgan fingerprint density at radius 3 is 0.680 bits per heavy atom. The predicted octanol–water partition coefficient (Wildman–Crippen LogP) is 24.4. The third kappa shape index (κ3) is 74.3. The molecule has 0 saturated carbocycles. The van der Waals surface area contributed by atoms with Gasteiger partial charge in [0.15, 0.2) is 12.2 Å². The quantitative estimate of drug-likeness (QED) is 0.0222. The van der Waals surface area contributed by atoms with Crippen LogP contribution in [0.15, 0.2) is 0 Å². The largest absolute Gasteiger partial charge is 0.472 e. The van der Waals surface area contributed by atoms with Crippen molar-refractivity contribution in [3.63, 3.8) is 0 Å². The van der Waals surface area contributed by atoms with Gasteiger partial charge in [0.05, 0.1) is 26.4 Å². The van der Waals surface area contributed by atoms with Crippen molar-refractivity contribution in [2.75, 3.05) is 39.6 Å². The van der Waals surface area contributed by atoms with Crippen LogP contribution >= 0.6 is 15.6 Å². The molecule has 0 aromatic rings. The molecular weight excluding hydrogens is 1310 g/mol. The number of phosphoric ester groups is 2. The summed E-state index contributed by atoms with van der Waals surface area (Å²) in [6.07, 6.45) is 65.2. The maximum absolute atomic E-state index is 13.1. The molecule has 0 rings (SSSR count). The highest BCUT2D eigenvalue weighted by molar-refractivity contribution is 7.47. The Kier molecular flexibility index (Phi) is 72.5. The Hall–Kier alpha value is -1.94. The molecule has 0 aliphatic heterocycles. The van der Waals surface area contributed by atoms with Gasteiger partial charge < -0.3 is 33.8 Å². The Morgan fingerprint density at radius 1 is 0.270 bits per heavy atom. The number of unbranched alkanes of at least 4 members (excludes halogenated alkanes) is 53. The Balaban J connectivity index is 5.21. The number of aliphatic hydroxyl groups is 1. The van der Waals surface area contributed by atoms with Crippen LogP contribution in [-0.4, -0.2) is 96.7 Å². The Labute approximate surface area is 613 Å². The van der Waals surface area contributed by atoms with Crippen molar-refractivity contribution in [1.29, 1.82) is 0 Å². The van der Waals surface area contributed by atoms with E-state index in [9.17, 15) is 43.2 Å². The molecule has 0 amide bonds. The van der Waals surface area contributed by atoms with Gasteiger partial charge in [0.25, 0.3) is 0 Å². The van der Waals surface area contributed by atoms with Crippen LogP contribution in [0.4, 0.5) is 0 Å². The predicted molar refractivity (Wildman–Crippen MR) is 409 cm³/mol. The van der Waals surface area contributed by atoms with Crippen LogP contribution in [0.3, 0.4) is 0 Å². The molecule has 2 unspecified atom stereocenters. The van der Waals surface area contributed by atoms with Gasteiger partial charge in [-0.1, -0.05) is 381 Å². The summed E-state index contributed by atoms with van der Waals surface area (Å²) in [5, 5.41) is 10.6. The minimum Gasteiger partial charge on any atom is -0.462 e. The van der Waals surface area contributed by atoms with Crippen molar-refractivity contribution >= 4 is 39.5 Å². The second-order valence-electron chi connectivity index (χ2n) is 29.6. The minimum atomic E-state index is -4.96. The number of aliphatic hydroxyl groups excluding tert-OH is 1. The lowest BCUT2D eigenvalue weighted by molar-refractivity contribution is -0.161. The zero-order valence-electron chi connectivity index (χ0n) is 65.3. The SMILES string of the molecule is CCCCCCCCCCCCCCCCCCCC(=O)OC[C@H](COP(=O)(O)OC[C@@H](O)COP(=O)(O)OC[C@@H](COC(=O)CCCCCCCCCCCC)OC(=O)CCCCCCCCCCCCCC)OC(=O)CCCCCCCCCCCCCCCCCCCCC(C)C. The van der Waals surface area contributed by atoms with Crippen LogP contribution in [0.1, 0.15) is 433 Å². The lowest BCUT2D eigenvalue weighted by Crippen LogP contribution is -2.30. The van der Waals surface area contributed by atoms with Gasteiger partial charge in [-0.05, 0) is 31.6 Å². The van der Waals surface area contributed by atoms with Crippen molar-refractivity contribution in [2.24, 2.45) is 5.92 Å². The van der Waals surface area contributed by atoms with E-state index in [1.54, 1.807) is 0 Å². The zero-order valence-corrected chi connectivity index (χ0v) is 67.1. The first kappa shape index (κ1) is 98.1. The van der Waals surface area contributed by atoms with Gasteiger partial charge in [0, 0.05) is 25.7 Å². The highest BCUT2D eigenvalue weighted by Crippen LogP contribution is 2.45. The molecule has 0 aromatic carbocycles. The number of esters is 4. The molecule has 17 nitrogen and oxygen atoms in total. The van der Waals surface area contributed by atoms with Gasteiger partial charge in [0.2, 0.25) is 0 Å². The van der Waals surface area contributed by atoms with E-state index in [1.807, 2.05) is 0 Å². The molecule has 0 bridgehead atoms. The molecule has 0 aliphatic rings. The van der Waals surface area contributed by atoms with Crippen LogP contribution in [0, 0.1) is 5.92 Å². The summed E-state index contributed by atoms with van der Waals surface area (Å²) in [6, 6.07) is 0. The van der Waals surface area contributed by atoms with Crippen molar-refractivity contribution in [1.82, 2.24) is 0 Å². The smallest absolute Gasteiger partial charge is 0.462 e. The standard InChI is InChI=1S/C81H158O17P2/c1-6-9-12-15-18-21-24-26-27-30-34-37-41-45-50-55-60-65-79(84)92-71-77(98-81(86)67-62-57-52-47-42-38-35-32-29-28-31-33-36-39-43-48-53-58-63-74(4)5)73-96-100(89,90)94-69-75(82)68-93-99(87,88)95-72-76(70-91-78(83)64-59-54-49-44-23-20-17-14-11-8-3)97-80(85)66-61-56-51-46-40-25-22-19-16-13-10-7-2/h74-77,82H,6-73H2,1-5H3,(H,87,88)(H,89,90)/t75-,76+,77+/m0/s1. The van der Waals surface area contributed by atoms with Crippen LogP contribution < -0.4 is 0 Å². The molecule has 0 radical (unpaired) electrons. The minimum absolute atomic E-state index is 0.108. The fourth-order valence-electron chi connectivity index (χ4n) is 12.6. The molecule has 0 aromatic heterocycles. The summed E-state index contributed by atoms with van der Waals surface area (Å²) in [6.45, 7) is 7.36. The van der Waals surface area contributed by atoms with Gasteiger partial charge in [-0.15, -0.1) is 0 Å². The molecule has 19 heteroatoms. The number of hydrogen-bond acceptors (Lipinski definition) is 15. The number of rotatable bonds is 81. The lowest BCUT2D eigenvalue weighted by atomic mass is 10.0. The molecule has 0 saturated heterocycles. The van der Waals surface area contributed by atoms with Gasteiger partial charge in [-0.3, -0.25) is 37.3 Å². The number of carbonyl (C=O) groups excluding carboxylic acids is 4. The second-order valence-corrected chi connectivity index (χ2v) is 32.5. The van der Waals surface area contributed by atoms with E-state index in [0.29, 0.717) is 25.7 Å². The normalized spacial score (nSPS) is 13.8. The summed E-state index contributed by atoms with van der Waals surface area (Å²) in [5.74, 6) is -1.29. The fraction of sp³-hybridized carbons (Fsp3) is 0.951. The summed E-state index contributed by atoms with van der Waals surface area (Å²) in [5.41, 5.74) is 0. The Morgan fingerprint density at radius 2 is 0.460 bits per heavy atom. The third-order valence-corrected chi connectivity index (χ3v) is 20.9. The topological polar surface area (TPSA) is 237 Å². The van der Waals surface area contributed by atoms with Crippen LogP contribution in [0.25, 0.3) is 0 Å². The van der Waals surface area contributed by atoms with Crippen LogP contribution in [0.5, 0.6) is 0 Å². The third-order valence-electron chi connectivity index (χ3n) is 19.0. The van der Waals surface area contributed by atoms with Gasteiger partial charge in [-0.2, -0.15) is 0 Å². The van der Waals surface area contributed by atoms with Crippen LogP contribution in [0.2, 0.25) is 0 Å². The maximum Gasteiger partial charge on any atom is 0.472 e. The zero-order chi connectivity index (χ0) is 73.4. The van der Waals surface area contributed by atoms with Crippen molar-refractivity contribution < 1.29 is 80.2 Å². The number of carbonyl (C=O) groups is 4. The monoisotopic (exact) mass is 1470 g/mol. The van der Waals surface area contributed by atoms with E-state index in [-0.39, 0.29) is 25.7 Å². The van der Waals surface area contributed by atoms with Crippen molar-refractivity contribution in [3.8, 4) is 0 Å². The first-order valence-corrected chi connectivity index (χ1v) is 45.1. The maximum atomic E-state index is 13.1. The summed E-state index contributed by atoms with van der Waals surface area (Å²) in [4.78, 5) is 73.0. The van der Waals surface area contributed by atoms with E-state index in [0.717, 1.165) is 95.8 Å². The van der Waals surface area contributed by atoms with Gasteiger partial charge in [0.1, 0.15) is 19.3 Å².